The third-order valence-electron chi connectivity index (χ3n) is 8.09. The average Bonchev–Trinajstić information content (AvgIpc) is 3.02. The standard InChI is InChI=1S/C33H32ClFN4O3S/c34-25-14-12-24(13-15-25)33(40)36-26-16-17-31(39-20-18-38(19-21-39)30-11-4-3-9-28(30)35)32(22-26)43(41,42)37-29-10-5-7-23-6-1-2-8-27(23)29/h1-4,6,8-9,11-17,22,29,37H,5,7,10,18-21H2,(H,36,40)/t29-/m0/s1. The highest BCUT2D eigenvalue weighted by Crippen LogP contribution is 2.35. The summed E-state index contributed by atoms with van der Waals surface area (Å²) < 4.78 is 45.7. The maximum absolute atomic E-state index is 14.4. The van der Waals surface area contributed by atoms with E-state index in [1.165, 1.54) is 12.1 Å². The number of hydrogen-bond acceptors (Lipinski definition) is 5. The molecule has 10 heteroatoms. The fourth-order valence-corrected chi connectivity index (χ4v) is 7.52. The SMILES string of the molecule is O=C(Nc1ccc(N2CCN(c3ccccc3F)CC2)c(S(=O)(=O)N[C@H]2CCCc3ccccc32)c1)c1ccc(Cl)cc1. The van der Waals surface area contributed by atoms with Crippen LogP contribution in [0.5, 0.6) is 0 Å². The first-order valence-electron chi connectivity index (χ1n) is 14.3. The number of aryl methyl sites for hydroxylation is 1. The topological polar surface area (TPSA) is 81.8 Å². The van der Waals surface area contributed by atoms with E-state index in [2.05, 4.69) is 10.0 Å². The quantitative estimate of drug-likeness (QED) is 0.250. The van der Waals surface area contributed by atoms with Gasteiger partial charge < -0.3 is 15.1 Å². The largest absolute Gasteiger partial charge is 0.367 e. The van der Waals surface area contributed by atoms with E-state index in [9.17, 15) is 17.6 Å². The summed E-state index contributed by atoms with van der Waals surface area (Å²) in [6.45, 7) is 2.05. The summed E-state index contributed by atoms with van der Waals surface area (Å²) in [5.74, 6) is -0.655. The predicted octanol–water partition coefficient (Wildman–Crippen LogP) is 6.41. The predicted molar refractivity (Wildman–Crippen MR) is 169 cm³/mol. The molecular weight excluding hydrogens is 587 g/mol. The molecule has 0 spiro atoms. The van der Waals surface area contributed by atoms with E-state index in [4.69, 9.17) is 11.6 Å². The molecule has 1 fully saturated rings. The molecule has 1 heterocycles. The first-order valence-corrected chi connectivity index (χ1v) is 16.2. The Labute approximate surface area is 256 Å². The van der Waals surface area contributed by atoms with Crippen molar-refractivity contribution in [3.8, 4) is 0 Å². The highest BCUT2D eigenvalue weighted by atomic mass is 35.5. The monoisotopic (exact) mass is 618 g/mol. The Hall–Kier alpha value is -3.92. The summed E-state index contributed by atoms with van der Waals surface area (Å²) >= 11 is 5.97. The number of nitrogens with one attached hydrogen (secondary N) is 2. The van der Waals surface area contributed by atoms with E-state index in [1.54, 1.807) is 48.5 Å². The van der Waals surface area contributed by atoms with Gasteiger partial charge in [-0.05, 0) is 85.0 Å². The van der Waals surface area contributed by atoms with Crippen LogP contribution in [-0.2, 0) is 16.4 Å². The van der Waals surface area contributed by atoms with E-state index in [-0.39, 0.29) is 22.7 Å². The maximum Gasteiger partial charge on any atom is 0.255 e. The van der Waals surface area contributed by atoms with Crippen LogP contribution in [-0.4, -0.2) is 40.5 Å². The first-order chi connectivity index (χ1) is 20.8. The second kappa shape index (κ2) is 12.4. The molecule has 0 saturated carbocycles. The number of benzene rings is 4. The number of carbonyl (C=O) groups excluding carboxylic acids is 1. The highest BCUT2D eigenvalue weighted by Gasteiger charge is 2.30. The fraction of sp³-hybridized carbons (Fsp3) is 0.242. The maximum atomic E-state index is 14.4. The number of sulfonamides is 1. The van der Waals surface area contributed by atoms with Gasteiger partial charge in [0.2, 0.25) is 10.0 Å². The Balaban J connectivity index is 1.30. The zero-order chi connectivity index (χ0) is 30.0. The second-order valence-electron chi connectivity index (χ2n) is 10.8. The van der Waals surface area contributed by atoms with E-state index < -0.39 is 10.0 Å². The van der Waals surface area contributed by atoms with Gasteiger partial charge in [-0.2, -0.15) is 0 Å². The van der Waals surface area contributed by atoms with Gasteiger partial charge in [-0.25, -0.2) is 17.5 Å². The molecule has 0 radical (unpaired) electrons. The summed E-state index contributed by atoms with van der Waals surface area (Å²) in [5, 5.41) is 3.35. The molecule has 0 unspecified atom stereocenters. The van der Waals surface area contributed by atoms with Gasteiger partial charge in [0.25, 0.3) is 5.91 Å². The zero-order valence-electron chi connectivity index (χ0n) is 23.5. The molecule has 4 aromatic carbocycles. The molecule has 6 rings (SSSR count). The number of hydrogen-bond donors (Lipinski definition) is 2. The number of rotatable bonds is 7. The van der Waals surface area contributed by atoms with Crippen molar-refractivity contribution >= 4 is 44.6 Å². The Bertz CT molecular complexity index is 1740. The van der Waals surface area contributed by atoms with Crippen molar-refractivity contribution in [3.63, 3.8) is 0 Å². The van der Waals surface area contributed by atoms with Crippen molar-refractivity contribution in [3.05, 3.63) is 119 Å². The summed E-state index contributed by atoms with van der Waals surface area (Å²) in [5.41, 5.74) is 3.97. The van der Waals surface area contributed by atoms with Crippen molar-refractivity contribution in [1.29, 1.82) is 0 Å². The van der Waals surface area contributed by atoms with Gasteiger partial charge in [-0.1, -0.05) is 48.0 Å². The van der Waals surface area contributed by atoms with Crippen LogP contribution in [0.15, 0.2) is 95.9 Å². The molecule has 0 bridgehead atoms. The van der Waals surface area contributed by atoms with Crippen LogP contribution in [0.25, 0.3) is 0 Å². The molecule has 1 aliphatic carbocycles. The number of carbonyl (C=O) groups is 1. The fourth-order valence-electron chi connectivity index (χ4n) is 5.90. The number of nitrogens with zero attached hydrogens (tertiary/aromatic N) is 2. The lowest BCUT2D eigenvalue weighted by atomic mass is 9.88. The van der Waals surface area contributed by atoms with Crippen molar-refractivity contribution < 1.29 is 17.6 Å². The van der Waals surface area contributed by atoms with Crippen LogP contribution in [0, 0.1) is 5.82 Å². The molecule has 4 aromatic rings. The Morgan fingerprint density at radius 2 is 1.51 bits per heavy atom. The molecule has 7 nitrogen and oxygen atoms in total. The van der Waals surface area contributed by atoms with E-state index in [0.29, 0.717) is 60.2 Å². The molecule has 1 aliphatic heterocycles. The van der Waals surface area contributed by atoms with E-state index in [0.717, 1.165) is 24.0 Å². The summed E-state index contributed by atoms with van der Waals surface area (Å²) in [7, 11) is -4.02. The number of halogens is 2. The smallest absolute Gasteiger partial charge is 0.255 e. The molecule has 1 amide bonds. The van der Waals surface area contributed by atoms with Gasteiger partial charge in [-0.3, -0.25) is 4.79 Å². The molecule has 0 aromatic heterocycles. The van der Waals surface area contributed by atoms with E-state index in [1.807, 2.05) is 40.1 Å². The minimum absolute atomic E-state index is 0.0869. The van der Waals surface area contributed by atoms with Crippen molar-refractivity contribution in [2.24, 2.45) is 0 Å². The van der Waals surface area contributed by atoms with Crippen LogP contribution >= 0.6 is 11.6 Å². The summed E-state index contributed by atoms with van der Waals surface area (Å²) in [6, 6.07) is 25.7. The lowest BCUT2D eigenvalue weighted by Gasteiger charge is -2.38. The van der Waals surface area contributed by atoms with Crippen LogP contribution in [0.1, 0.15) is 40.4 Å². The van der Waals surface area contributed by atoms with Gasteiger partial charge in [0.15, 0.2) is 0 Å². The molecule has 1 atom stereocenters. The normalized spacial score (nSPS) is 16.9. The number of amides is 1. The highest BCUT2D eigenvalue weighted by molar-refractivity contribution is 7.89. The molecule has 222 valence electrons. The number of para-hydroxylation sites is 1. The third kappa shape index (κ3) is 6.39. The zero-order valence-corrected chi connectivity index (χ0v) is 25.0. The molecule has 2 aliphatic rings. The number of fused-ring (bicyclic) bond motifs is 1. The number of anilines is 3. The van der Waals surface area contributed by atoms with Crippen LogP contribution in [0.4, 0.5) is 21.5 Å². The van der Waals surface area contributed by atoms with Crippen molar-refractivity contribution in [1.82, 2.24) is 4.72 Å². The van der Waals surface area contributed by atoms with Gasteiger partial charge >= 0.3 is 0 Å². The summed E-state index contributed by atoms with van der Waals surface area (Å²) in [4.78, 5) is 17.0. The molecule has 1 saturated heterocycles. The lowest BCUT2D eigenvalue weighted by molar-refractivity contribution is 0.102. The minimum Gasteiger partial charge on any atom is -0.367 e. The van der Waals surface area contributed by atoms with Gasteiger partial charge in [0, 0.05) is 48.5 Å². The lowest BCUT2D eigenvalue weighted by Crippen LogP contribution is -2.47. The third-order valence-corrected chi connectivity index (χ3v) is 9.85. The van der Waals surface area contributed by atoms with E-state index >= 15 is 0 Å². The Morgan fingerprint density at radius 3 is 2.26 bits per heavy atom. The second-order valence-corrected chi connectivity index (χ2v) is 13.0. The molecular formula is C33H32ClFN4O3S. The first kappa shape index (κ1) is 29.2. The van der Waals surface area contributed by atoms with Gasteiger partial charge in [-0.15, -0.1) is 0 Å². The molecule has 43 heavy (non-hydrogen) atoms. The van der Waals surface area contributed by atoms with Crippen molar-refractivity contribution in [2.75, 3.05) is 41.3 Å². The number of piperazine rings is 1. The average molecular weight is 619 g/mol. The Morgan fingerprint density at radius 1 is 0.837 bits per heavy atom. The Kier molecular flexibility index (Phi) is 8.38. The van der Waals surface area contributed by atoms with Crippen LogP contribution in [0.2, 0.25) is 5.02 Å². The van der Waals surface area contributed by atoms with Crippen molar-refractivity contribution in [2.45, 2.75) is 30.2 Å². The summed E-state index contributed by atoms with van der Waals surface area (Å²) in [6.07, 6.45) is 2.49. The van der Waals surface area contributed by atoms with Crippen LogP contribution in [0.3, 0.4) is 0 Å². The van der Waals surface area contributed by atoms with Crippen LogP contribution < -0.4 is 19.8 Å². The molecule has 2 N–H and O–H groups in total. The minimum atomic E-state index is -4.02. The van der Waals surface area contributed by atoms with Gasteiger partial charge in [0.05, 0.1) is 11.4 Å². The van der Waals surface area contributed by atoms with Gasteiger partial charge in [0.1, 0.15) is 10.7 Å².